The quantitative estimate of drug-likeness (QED) is 0.348. The maximum absolute atomic E-state index is 14.1. The van der Waals surface area contributed by atoms with E-state index in [4.69, 9.17) is 4.98 Å². The van der Waals surface area contributed by atoms with Gasteiger partial charge in [-0.15, -0.1) is 0 Å². The molecule has 0 fully saturated rings. The van der Waals surface area contributed by atoms with Crippen LogP contribution in [-0.4, -0.2) is 27.2 Å². The average Bonchev–Trinajstić information content (AvgIpc) is 3.24. The van der Waals surface area contributed by atoms with Crippen molar-refractivity contribution < 1.29 is 0 Å². The maximum atomic E-state index is 14.1. The zero-order chi connectivity index (χ0) is 23.2. The Labute approximate surface area is 194 Å². The van der Waals surface area contributed by atoms with Gasteiger partial charge in [0.1, 0.15) is 17.1 Å². The topological polar surface area (TPSA) is 66.8 Å². The number of nitriles is 1. The summed E-state index contributed by atoms with van der Waals surface area (Å²) in [6.45, 7) is 5.93. The van der Waals surface area contributed by atoms with Crippen molar-refractivity contribution in [3.05, 3.63) is 82.8 Å². The van der Waals surface area contributed by atoms with Gasteiger partial charge in [0.05, 0.1) is 11.3 Å². The predicted octanol–water partition coefficient (Wildman–Crippen LogP) is 5.45. The summed E-state index contributed by atoms with van der Waals surface area (Å²) in [7, 11) is 0. The normalized spacial score (nSPS) is 10.9. The van der Waals surface area contributed by atoms with Gasteiger partial charge in [0.25, 0.3) is 5.56 Å². The first-order valence-corrected chi connectivity index (χ1v) is 11.6. The molecule has 6 heteroatoms. The second-order valence-corrected chi connectivity index (χ2v) is 8.14. The van der Waals surface area contributed by atoms with E-state index in [0.717, 1.165) is 50.1 Å². The maximum Gasteiger partial charge on any atom is 0.284 e. The van der Waals surface area contributed by atoms with Gasteiger partial charge in [0.2, 0.25) is 5.95 Å². The Morgan fingerprint density at radius 1 is 0.909 bits per heavy atom. The molecule has 0 N–H and O–H groups in total. The van der Waals surface area contributed by atoms with E-state index in [9.17, 15) is 10.1 Å². The minimum absolute atomic E-state index is 0.176. The molecule has 0 bridgehead atoms. The molecule has 0 unspecified atom stereocenters. The van der Waals surface area contributed by atoms with Crippen molar-refractivity contribution >= 4 is 17.0 Å². The van der Waals surface area contributed by atoms with Crippen molar-refractivity contribution in [2.45, 2.75) is 39.5 Å². The fourth-order valence-corrected chi connectivity index (χ4v) is 4.07. The highest BCUT2D eigenvalue weighted by molar-refractivity contribution is 5.85. The molecule has 4 aromatic rings. The molecular weight excluding hydrogens is 410 g/mol. The molecule has 2 heterocycles. The van der Waals surface area contributed by atoms with Gasteiger partial charge >= 0.3 is 0 Å². The molecule has 0 atom stereocenters. The first-order chi connectivity index (χ1) is 16.2. The minimum Gasteiger partial charge on any atom is -0.342 e. The monoisotopic (exact) mass is 439 g/mol. The molecule has 0 aliphatic heterocycles. The van der Waals surface area contributed by atoms with Crippen molar-refractivity contribution in [1.82, 2.24) is 14.1 Å². The summed E-state index contributed by atoms with van der Waals surface area (Å²) in [4.78, 5) is 21.3. The molecule has 4 rings (SSSR count). The average molecular weight is 440 g/mol. The number of fused-ring (bicyclic) bond motifs is 1. The molecule has 0 saturated carbocycles. The summed E-state index contributed by atoms with van der Waals surface area (Å²) in [5, 5.41) is 9.86. The number of anilines is 1. The third-order valence-electron chi connectivity index (χ3n) is 5.81. The highest BCUT2D eigenvalue weighted by Gasteiger charge is 2.23. The van der Waals surface area contributed by atoms with Crippen LogP contribution in [0.1, 0.15) is 45.1 Å². The number of hydrogen-bond donors (Lipinski definition) is 0. The van der Waals surface area contributed by atoms with Crippen molar-refractivity contribution in [2.75, 3.05) is 18.0 Å². The standard InChI is InChI=1S/C27H29N5O/c1-3-5-17-30(18-6-4-2)27-29-24-21(19-28)20-31(22-13-9-7-10-14-22)25(24)26(33)32(27)23-15-11-8-12-16-23/h7-16,20H,3-6,17-18H2,1-2H3. The van der Waals surface area contributed by atoms with Crippen molar-refractivity contribution in [3.8, 4) is 17.4 Å². The summed E-state index contributed by atoms with van der Waals surface area (Å²) in [5.74, 6) is 0.600. The third-order valence-corrected chi connectivity index (χ3v) is 5.81. The van der Waals surface area contributed by atoms with Crippen LogP contribution < -0.4 is 10.5 Å². The Hall–Kier alpha value is -3.85. The Morgan fingerprint density at radius 3 is 2.03 bits per heavy atom. The third kappa shape index (κ3) is 4.40. The van der Waals surface area contributed by atoms with Crippen LogP contribution in [0.3, 0.4) is 0 Å². The number of para-hydroxylation sites is 2. The van der Waals surface area contributed by atoms with E-state index in [1.54, 1.807) is 15.3 Å². The highest BCUT2D eigenvalue weighted by Crippen LogP contribution is 2.26. The van der Waals surface area contributed by atoms with Crippen LogP contribution in [0.25, 0.3) is 22.4 Å². The van der Waals surface area contributed by atoms with Gasteiger partial charge in [0.15, 0.2) is 0 Å². The first kappa shape index (κ1) is 22.3. The van der Waals surface area contributed by atoms with Crippen LogP contribution in [0.15, 0.2) is 71.7 Å². The Kier molecular flexibility index (Phi) is 6.89. The Bertz CT molecular complexity index is 1310. The van der Waals surface area contributed by atoms with Crippen LogP contribution in [0.5, 0.6) is 0 Å². The lowest BCUT2D eigenvalue weighted by Gasteiger charge is -2.26. The lowest BCUT2D eigenvalue weighted by atomic mass is 10.2. The summed E-state index contributed by atoms with van der Waals surface area (Å²) in [5.41, 5.74) is 2.68. The molecule has 168 valence electrons. The van der Waals surface area contributed by atoms with E-state index < -0.39 is 0 Å². The van der Waals surface area contributed by atoms with Crippen LogP contribution in [0.4, 0.5) is 5.95 Å². The zero-order valence-electron chi connectivity index (χ0n) is 19.2. The lowest BCUT2D eigenvalue weighted by molar-refractivity contribution is 0.653. The number of rotatable bonds is 9. The van der Waals surface area contributed by atoms with Crippen molar-refractivity contribution in [1.29, 1.82) is 5.26 Å². The lowest BCUT2D eigenvalue weighted by Crippen LogP contribution is -2.34. The summed E-state index contributed by atoms with van der Waals surface area (Å²) in [6.07, 6.45) is 5.82. The number of nitrogens with zero attached hydrogens (tertiary/aromatic N) is 5. The molecular formula is C27H29N5O. The molecule has 33 heavy (non-hydrogen) atoms. The molecule has 0 saturated heterocycles. The fraction of sp³-hybridized carbons (Fsp3) is 0.296. The number of unbranched alkanes of at least 4 members (excludes halogenated alkanes) is 2. The van der Waals surface area contributed by atoms with E-state index in [0.29, 0.717) is 22.5 Å². The van der Waals surface area contributed by atoms with E-state index >= 15 is 0 Å². The van der Waals surface area contributed by atoms with E-state index in [2.05, 4.69) is 24.8 Å². The van der Waals surface area contributed by atoms with Gasteiger partial charge in [-0.1, -0.05) is 63.1 Å². The molecule has 0 amide bonds. The second-order valence-electron chi connectivity index (χ2n) is 8.14. The van der Waals surface area contributed by atoms with Gasteiger partial charge in [-0.2, -0.15) is 5.26 Å². The Balaban J connectivity index is 2.05. The van der Waals surface area contributed by atoms with Gasteiger partial charge in [-0.25, -0.2) is 9.55 Å². The van der Waals surface area contributed by atoms with Crippen LogP contribution >= 0.6 is 0 Å². The fourth-order valence-electron chi connectivity index (χ4n) is 4.07. The summed E-state index contributed by atoms with van der Waals surface area (Å²) >= 11 is 0. The van der Waals surface area contributed by atoms with E-state index in [1.807, 2.05) is 60.7 Å². The number of hydrogen-bond acceptors (Lipinski definition) is 4. The molecule has 6 nitrogen and oxygen atoms in total. The predicted molar refractivity (Wildman–Crippen MR) is 133 cm³/mol. The van der Waals surface area contributed by atoms with Crippen LogP contribution in [0.2, 0.25) is 0 Å². The van der Waals surface area contributed by atoms with Crippen molar-refractivity contribution in [2.24, 2.45) is 0 Å². The first-order valence-electron chi connectivity index (χ1n) is 11.6. The second kappa shape index (κ2) is 10.2. The molecule has 0 aliphatic carbocycles. The van der Waals surface area contributed by atoms with Gasteiger partial charge in [-0.3, -0.25) is 4.79 Å². The Morgan fingerprint density at radius 2 is 1.48 bits per heavy atom. The molecule has 2 aromatic heterocycles. The molecule has 0 spiro atoms. The minimum atomic E-state index is -0.176. The highest BCUT2D eigenvalue weighted by atomic mass is 16.1. The van der Waals surface area contributed by atoms with Crippen molar-refractivity contribution in [3.63, 3.8) is 0 Å². The molecule has 0 radical (unpaired) electrons. The van der Waals surface area contributed by atoms with E-state index in [1.165, 1.54) is 0 Å². The van der Waals surface area contributed by atoms with Gasteiger partial charge in [0, 0.05) is 25.0 Å². The number of aromatic nitrogens is 3. The van der Waals surface area contributed by atoms with Gasteiger partial charge in [-0.05, 0) is 37.1 Å². The SMILES string of the molecule is CCCCN(CCCC)c1nc2c(C#N)cn(-c3ccccc3)c2c(=O)n1-c1ccccc1. The zero-order valence-corrected chi connectivity index (χ0v) is 19.2. The summed E-state index contributed by atoms with van der Waals surface area (Å²) < 4.78 is 3.49. The van der Waals surface area contributed by atoms with Gasteiger partial charge < -0.3 is 9.47 Å². The summed E-state index contributed by atoms with van der Waals surface area (Å²) in [6, 6.07) is 21.5. The molecule has 2 aromatic carbocycles. The van der Waals surface area contributed by atoms with Crippen LogP contribution in [-0.2, 0) is 0 Å². The number of benzene rings is 2. The van der Waals surface area contributed by atoms with Crippen LogP contribution in [0, 0.1) is 11.3 Å². The molecule has 0 aliphatic rings. The van der Waals surface area contributed by atoms with E-state index in [-0.39, 0.29) is 5.56 Å². The smallest absolute Gasteiger partial charge is 0.284 e. The largest absolute Gasteiger partial charge is 0.342 e.